The Morgan fingerprint density at radius 1 is 1.14 bits per heavy atom. The van der Waals surface area contributed by atoms with Gasteiger partial charge in [-0.1, -0.05) is 12.1 Å². The minimum absolute atomic E-state index is 0.117. The van der Waals surface area contributed by atoms with Gasteiger partial charge in [-0.05, 0) is 30.7 Å². The lowest BCUT2D eigenvalue weighted by molar-refractivity contribution is -0.801. The molecular weight excluding hydrogens is 268 g/mol. The van der Waals surface area contributed by atoms with Crippen molar-refractivity contribution >= 4 is 11.8 Å². The van der Waals surface area contributed by atoms with Gasteiger partial charge in [-0.3, -0.25) is 14.5 Å². The topological polar surface area (TPSA) is 64.9 Å². The van der Waals surface area contributed by atoms with Crippen molar-refractivity contribution in [2.75, 3.05) is 6.54 Å². The van der Waals surface area contributed by atoms with Crippen LogP contribution < -0.4 is 5.06 Å². The average Bonchev–Trinajstić information content (AvgIpc) is 3.02. The largest absolute Gasteiger partial charge is 0.629 e. The van der Waals surface area contributed by atoms with Crippen LogP contribution in [0.15, 0.2) is 47.7 Å². The predicted octanol–water partition coefficient (Wildman–Crippen LogP) is 0.652. The number of amides is 2. The summed E-state index contributed by atoms with van der Waals surface area (Å²) in [5.41, 5.74) is 2.56. The molecule has 1 unspecified atom stereocenters. The van der Waals surface area contributed by atoms with Gasteiger partial charge in [-0.25, -0.2) is 0 Å². The van der Waals surface area contributed by atoms with Gasteiger partial charge in [-0.2, -0.15) is 0 Å². The second-order valence-electron chi connectivity index (χ2n) is 5.54. The third kappa shape index (κ3) is 1.65. The van der Waals surface area contributed by atoms with E-state index < -0.39 is 0 Å². The minimum atomic E-state index is -0.298. The molecule has 0 bridgehead atoms. The first-order valence-electron chi connectivity index (χ1n) is 7.08. The van der Waals surface area contributed by atoms with Crippen LogP contribution in [0.1, 0.15) is 33.6 Å². The molecule has 0 saturated heterocycles. The number of quaternary nitrogens is 1. The molecule has 5 nitrogen and oxygen atoms in total. The first-order valence-corrected chi connectivity index (χ1v) is 7.08. The highest BCUT2D eigenvalue weighted by molar-refractivity contribution is 6.21. The van der Waals surface area contributed by atoms with Crippen LogP contribution in [0.3, 0.4) is 0 Å². The van der Waals surface area contributed by atoms with E-state index in [0.717, 1.165) is 11.3 Å². The molecule has 4 rings (SSSR count). The molecule has 106 valence electrons. The molecular formula is C16H14N2O3. The predicted molar refractivity (Wildman–Crippen MR) is 75.3 cm³/mol. The minimum Gasteiger partial charge on any atom is -0.629 e. The molecule has 0 saturated carbocycles. The second-order valence-corrected chi connectivity index (χ2v) is 5.54. The van der Waals surface area contributed by atoms with E-state index in [1.165, 1.54) is 4.90 Å². The number of hydrogen-bond acceptors (Lipinski definition) is 3. The van der Waals surface area contributed by atoms with E-state index >= 15 is 0 Å². The third-order valence-corrected chi connectivity index (χ3v) is 4.45. The number of benzene rings is 1. The molecule has 1 aliphatic carbocycles. The Morgan fingerprint density at radius 2 is 1.81 bits per heavy atom. The fraction of sp³-hybridized carbons (Fsp3) is 0.250. The summed E-state index contributed by atoms with van der Waals surface area (Å²) in [6.45, 7) is 0.424. The summed E-state index contributed by atoms with van der Waals surface area (Å²) in [5.74, 6) is -0.499. The van der Waals surface area contributed by atoms with E-state index in [-0.39, 0.29) is 22.9 Å². The van der Waals surface area contributed by atoms with E-state index in [9.17, 15) is 14.8 Å². The Balaban J connectivity index is 1.75. The Morgan fingerprint density at radius 3 is 2.48 bits per heavy atom. The van der Waals surface area contributed by atoms with Crippen LogP contribution in [0.2, 0.25) is 0 Å². The Bertz CT molecular complexity index is 685. The number of carbonyl (C=O) groups is 2. The summed E-state index contributed by atoms with van der Waals surface area (Å²) in [5, 5.41) is 12.0. The first kappa shape index (κ1) is 12.5. The summed E-state index contributed by atoms with van der Waals surface area (Å²) in [4.78, 5) is 26.4. The SMILES string of the molecule is O=C1c2ccccc2C(=O)N1[C@@H]1CCC2=C1C=CC[NH+]2[O-]. The zero-order valence-corrected chi connectivity index (χ0v) is 11.3. The molecule has 3 aliphatic rings. The van der Waals surface area contributed by atoms with Crippen molar-refractivity contribution in [1.82, 2.24) is 4.90 Å². The number of rotatable bonds is 1. The summed E-state index contributed by atoms with van der Waals surface area (Å²) in [6, 6.07) is 6.59. The fourth-order valence-corrected chi connectivity index (χ4v) is 3.47. The average molecular weight is 282 g/mol. The van der Waals surface area contributed by atoms with Crippen molar-refractivity contribution in [1.29, 1.82) is 0 Å². The Labute approximate surface area is 121 Å². The second kappa shape index (κ2) is 4.38. The maximum atomic E-state index is 12.5. The first-order chi connectivity index (χ1) is 10.2. The van der Waals surface area contributed by atoms with Crippen molar-refractivity contribution < 1.29 is 14.7 Å². The van der Waals surface area contributed by atoms with Gasteiger partial charge in [0, 0.05) is 12.0 Å². The van der Waals surface area contributed by atoms with Crippen molar-refractivity contribution in [3.05, 3.63) is 64.0 Å². The van der Waals surface area contributed by atoms with Crippen molar-refractivity contribution in [3.8, 4) is 0 Å². The number of carbonyl (C=O) groups excluding carboxylic acids is 2. The normalized spacial score (nSPS) is 27.4. The molecule has 1 N–H and O–H groups in total. The molecule has 0 fully saturated rings. The third-order valence-electron chi connectivity index (χ3n) is 4.45. The molecule has 21 heavy (non-hydrogen) atoms. The number of fused-ring (bicyclic) bond motifs is 1. The number of hydrogen-bond donors (Lipinski definition) is 1. The molecule has 1 aromatic carbocycles. The van der Waals surface area contributed by atoms with Gasteiger partial charge < -0.3 is 10.3 Å². The molecule has 0 radical (unpaired) electrons. The summed E-state index contributed by atoms with van der Waals surface area (Å²) in [7, 11) is 0. The summed E-state index contributed by atoms with van der Waals surface area (Å²) >= 11 is 0. The van der Waals surface area contributed by atoms with Crippen LogP contribution >= 0.6 is 0 Å². The molecule has 2 atom stereocenters. The van der Waals surface area contributed by atoms with Crippen LogP contribution in [-0.4, -0.2) is 29.3 Å². The maximum absolute atomic E-state index is 12.5. The van der Waals surface area contributed by atoms with Crippen molar-refractivity contribution in [2.24, 2.45) is 0 Å². The Hall–Kier alpha value is -2.24. The molecule has 2 heterocycles. The van der Waals surface area contributed by atoms with Gasteiger partial charge in [0.1, 0.15) is 12.2 Å². The van der Waals surface area contributed by atoms with Gasteiger partial charge in [0.25, 0.3) is 11.8 Å². The number of imide groups is 1. The van der Waals surface area contributed by atoms with Gasteiger partial charge in [-0.15, -0.1) is 0 Å². The number of nitrogens with one attached hydrogen (secondary N) is 1. The zero-order valence-electron chi connectivity index (χ0n) is 11.3. The van der Waals surface area contributed by atoms with Crippen LogP contribution in [0.5, 0.6) is 0 Å². The van der Waals surface area contributed by atoms with Crippen molar-refractivity contribution in [2.45, 2.75) is 18.9 Å². The lowest BCUT2D eigenvalue weighted by Gasteiger charge is -2.27. The van der Waals surface area contributed by atoms with Crippen LogP contribution in [0.25, 0.3) is 0 Å². The van der Waals surface area contributed by atoms with E-state index in [1.807, 2.05) is 12.2 Å². The lowest BCUT2D eigenvalue weighted by atomic mass is 10.1. The van der Waals surface area contributed by atoms with Gasteiger partial charge in [0.15, 0.2) is 0 Å². The lowest BCUT2D eigenvalue weighted by Crippen LogP contribution is -3.05. The maximum Gasteiger partial charge on any atom is 0.262 e. The highest BCUT2D eigenvalue weighted by Crippen LogP contribution is 2.34. The highest BCUT2D eigenvalue weighted by Gasteiger charge is 2.44. The molecule has 1 aromatic rings. The van der Waals surface area contributed by atoms with E-state index in [4.69, 9.17) is 0 Å². The molecule has 5 heteroatoms. The molecule has 2 amide bonds. The molecule has 0 aromatic heterocycles. The zero-order chi connectivity index (χ0) is 14.6. The fourth-order valence-electron chi connectivity index (χ4n) is 3.47. The highest BCUT2D eigenvalue weighted by atomic mass is 16.5. The van der Waals surface area contributed by atoms with Crippen LogP contribution in [0, 0.1) is 5.21 Å². The van der Waals surface area contributed by atoms with Crippen molar-refractivity contribution in [3.63, 3.8) is 0 Å². The standard InChI is InChI=1S/C16H14N2O3/c19-15-10-4-1-2-5-11(10)16(20)18(15)14-8-7-13-12(14)6-3-9-17(13)21/h1-6,14,17H,7-9H2/t14-/m1/s1. The van der Waals surface area contributed by atoms with Gasteiger partial charge in [0.05, 0.1) is 17.2 Å². The Kier molecular flexibility index (Phi) is 2.60. The van der Waals surface area contributed by atoms with Crippen LogP contribution in [0.4, 0.5) is 0 Å². The number of allylic oxidation sites excluding steroid dienone is 1. The van der Waals surface area contributed by atoms with E-state index in [1.54, 1.807) is 24.3 Å². The van der Waals surface area contributed by atoms with Gasteiger partial charge in [0.2, 0.25) is 0 Å². The molecule has 2 aliphatic heterocycles. The quantitative estimate of drug-likeness (QED) is 0.607. The van der Waals surface area contributed by atoms with E-state index in [2.05, 4.69) is 0 Å². The number of nitrogens with zero attached hydrogens (tertiary/aromatic N) is 1. The molecule has 0 spiro atoms. The summed E-state index contributed by atoms with van der Waals surface area (Å²) < 4.78 is 0. The van der Waals surface area contributed by atoms with E-state index in [0.29, 0.717) is 30.5 Å². The smallest absolute Gasteiger partial charge is 0.262 e. The summed E-state index contributed by atoms with van der Waals surface area (Å²) in [6.07, 6.45) is 5.01. The number of hydroxylamine groups is 2. The monoisotopic (exact) mass is 282 g/mol. The van der Waals surface area contributed by atoms with Gasteiger partial charge >= 0.3 is 0 Å². The van der Waals surface area contributed by atoms with Crippen LogP contribution in [-0.2, 0) is 0 Å².